The number of nitro groups is 1. The minimum Gasteiger partial charge on any atom is -0.496 e. The fourth-order valence-corrected chi connectivity index (χ4v) is 3.81. The molecule has 2 aromatic rings. The predicted molar refractivity (Wildman–Crippen MR) is 121 cm³/mol. The van der Waals surface area contributed by atoms with Gasteiger partial charge in [0.25, 0.3) is 11.8 Å². The van der Waals surface area contributed by atoms with Crippen molar-refractivity contribution in [1.82, 2.24) is 5.32 Å². The van der Waals surface area contributed by atoms with E-state index in [1.165, 1.54) is 37.3 Å². The van der Waals surface area contributed by atoms with Crippen LogP contribution >= 0.6 is 28.1 Å². The van der Waals surface area contributed by atoms with E-state index in [9.17, 15) is 19.7 Å². The molecule has 0 spiro atoms. The molecule has 9 nitrogen and oxygen atoms in total. The number of rotatable bonds is 5. The SMILES string of the molecule is COc1cc(OC)c([N+](=O)[O-])cc1/C=C1/C(=O)NC(=S)N(c2ccc(Br)cc2C)C1=O. The largest absolute Gasteiger partial charge is 0.496 e. The predicted octanol–water partition coefficient (Wildman–Crippen LogP) is 3.51. The maximum Gasteiger partial charge on any atom is 0.311 e. The third-order valence-corrected chi connectivity index (χ3v) is 5.31. The molecule has 2 amide bonds. The first-order valence-corrected chi connectivity index (χ1v) is 9.96. The number of thiocarbonyl (C=S) groups is 1. The van der Waals surface area contributed by atoms with E-state index in [0.717, 1.165) is 10.0 Å². The number of methoxy groups -OCH3 is 2. The van der Waals surface area contributed by atoms with Crippen molar-refractivity contribution in [3.8, 4) is 11.5 Å². The number of halogens is 1. The van der Waals surface area contributed by atoms with Crippen LogP contribution in [0, 0.1) is 17.0 Å². The Balaban J connectivity index is 2.14. The Labute approximate surface area is 190 Å². The van der Waals surface area contributed by atoms with Gasteiger partial charge in [-0.25, -0.2) is 0 Å². The second-order valence-electron chi connectivity index (χ2n) is 6.41. The minimum atomic E-state index is -0.721. The van der Waals surface area contributed by atoms with Crippen LogP contribution in [0.5, 0.6) is 11.5 Å². The van der Waals surface area contributed by atoms with Crippen LogP contribution in [0.1, 0.15) is 11.1 Å². The van der Waals surface area contributed by atoms with Crippen molar-refractivity contribution < 1.29 is 24.0 Å². The fourth-order valence-electron chi connectivity index (χ4n) is 3.06. The molecule has 31 heavy (non-hydrogen) atoms. The molecule has 0 aromatic heterocycles. The number of nitrogens with zero attached hydrogens (tertiary/aromatic N) is 2. The summed E-state index contributed by atoms with van der Waals surface area (Å²) in [6.07, 6.45) is 1.23. The van der Waals surface area contributed by atoms with Gasteiger partial charge < -0.3 is 9.47 Å². The normalized spacial score (nSPS) is 15.2. The molecule has 1 N–H and O–H groups in total. The molecule has 160 valence electrons. The van der Waals surface area contributed by atoms with Gasteiger partial charge in [-0.3, -0.25) is 29.9 Å². The summed E-state index contributed by atoms with van der Waals surface area (Å²) in [5.74, 6) is -1.21. The molecule has 1 fully saturated rings. The lowest BCUT2D eigenvalue weighted by Crippen LogP contribution is -2.54. The van der Waals surface area contributed by atoms with E-state index in [1.807, 2.05) is 0 Å². The summed E-state index contributed by atoms with van der Waals surface area (Å²) >= 11 is 8.58. The van der Waals surface area contributed by atoms with Gasteiger partial charge in [-0.15, -0.1) is 0 Å². The molecule has 3 rings (SSSR count). The van der Waals surface area contributed by atoms with Gasteiger partial charge in [0, 0.05) is 22.2 Å². The number of carbonyl (C=O) groups is 2. The molecule has 1 aliphatic rings. The number of ether oxygens (including phenoxy) is 2. The van der Waals surface area contributed by atoms with Crippen molar-refractivity contribution in [2.45, 2.75) is 6.92 Å². The Kier molecular flexibility index (Phi) is 6.37. The number of benzene rings is 2. The van der Waals surface area contributed by atoms with Crippen molar-refractivity contribution >= 4 is 62.5 Å². The standard InChI is InChI=1S/C20H16BrN3O6S/c1-10-6-12(21)4-5-14(10)23-19(26)13(18(25)22-20(23)31)7-11-8-15(24(27)28)17(30-3)9-16(11)29-2/h4-9H,1-3H3,(H,22,25,31)/b13-7-. The van der Waals surface area contributed by atoms with Crippen LogP contribution in [0.3, 0.4) is 0 Å². The number of nitro benzene ring substituents is 1. The number of hydrogen-bond donors (Lipinski definition) is 1. The van der Waals surface area contributed by atoms with Crippen LogP contribution in [0.4, 0.5) is 11.4 Å². The van der Waals surface area contributed by atoms with Crippen molar-refractivity contribution in [2.75, 3.05) is 19.1 Å². The van der Waals surface area contributed by atoms with E-state index in [0.29, 0.717) is 5.69 Å². The summed E-state index contributed by atoms with van der Waals surface area (Å²) in [6.45, 7) is 1.80. The molecular formula is C20H16BrN3O6S. The summed E-state index contributed by atoms with van der Waals surface area (Å²) in [5, 5.41) is 13.8. The van der Waals surface area contributed by atoms with Gasteiger partial charge in [-0.2, -0.15) is 0 Å². The summed E-state index contributed by atoms with van der Waals surface area (Å²) < 4.78 is 11.1. The van der Waals surface area contributed by atoms with E-state index in [-0.39, 0.29) is 33.4 Å². The molecule has 0 saturated carbocycles. The monoisotopic (exact) mass is 505 g/mol. The first kappa shape index (κ1) is 22.4. The van der Waals surface area contributed by atoms with Crippen molar-refractivity contribution in [3.63, 3.8) is 0 Å². The topological polar surface area (TPSA) is 111 Å². The van der Waals surface area contributed by atoms with Crippen molar-refractivity contribution in [1.29, 1.82) is 0 Å². The Hall–Kier alpha value is -3.31. The Bertz CT molecular complexity index is 1160. The molecule has 1 heterocycles. The molecule has 0 unspecified atom stereocenters. The van der Waals surface area contributed by atoms with Gasteiger partial charge in [0.15, 0.2) is 5.11 Å². The quantitative estimate of drug-likeness (QED) is 0.217. The molecule has 0 radical (unpaired) electrons. The zero-order valence-corrected chi connectivity index (χ0v) is 19.0. The van der Waals surface area contributed by atoms with Gasteiger partial charge in [-0.05, 0) is 49.0 Å². The Morgan fingerprint density at radius 1 is 1.16 bits per heavy atom. The number of nitrogens with one attached hydrogen (secondary N) is 1. The fraction of sp³-hybridized carbons (Fsp3) is 0.150. The maximum absolute atomic E-state index is 13.2. The average Bonchev–Trinajstić information content (AvgIpc) is 2.71. The lowest BCUT2D eigenvalue weighted by atomic mass is 10.0. The number of hydrogen-bond acceptors (Lipinski definition) is 7. The Morgan fingerprint density at radius 3 is 2.42 bits per heavy atom. The summed E-state index contributed by atoms with van der Waals surface area (Å²) in [5.41, 5.74) is 0.812. The Morgan fingerprint density at radius 2 is 1.84 bits per heavy atom. The third-order valence-electron chi connectivity index (χ3n) is 4.53. The molecule has 0 bridgehead atoms. The first-order chi connectivity index (χ1) is 14.7. The highest BCUT2D eigenvalue weighted by molar-refractivity contribution is 9.10. The van der Waals surface area contributed by atoms with Crippen molar-refractivity contribution in [3.05, 3.63) is 61.6 Å². The zero-order valence-electron chi connectivity index (χ0n) is 16.6. The summed E-state index contributed by atoms with van der Waals surface area (Å²) in [4.78, 5) is 37.7. The molecule has 11 heteroatoms. The smallest absolute Gasteiger partial charge is 0.311 e. The number of carbonyl (C=O) groups excluding carboxylic acids is 2. The molecule has 0 atom stereocenters. The lowest BCUT2D eigenvalue weighted by molar-refractivity contribution is -0.385. The number of anilines is 1. The van der Waals surface area contributed by atoms with E-state index in [1.54, 1.807) is 25.1 Å². The number of aryl methyl sites for hydroxylation is 1. The van der Waals surface area contributed by atoms with Gasteiger partial charge >= 0.3 is 5.69 Å². The average molecular weight is 506 g/mol. The highest BCUT2D eigenvalue weighted by atomic mass is 79.9. The second-order valence-corrected chi connectivity index (χ2v) is 7.71. The molecule has 1 saturated heterocycles. The van der Waals surface area contributed by atoms with Gasteiger partial charge in [0.05, 0.1) is 24.8 Å². The number of amides is 2. The summed E-state index contributed by atoms with van der Waals surface area (Å²) in [7, 11) is 2.65. The van der Waals surface area contributed by atoms with E-state index in [4.69, 9.17) is 21.7 Å². The zero-order chi connectivity index (χ0) is 22.9. The second kappa shape index (κ2) is 8.82. The van der Waals surface area contributed by atoms with Gasteiger partial charge in [-0.1, -0.05) is 15.9 Å². The minimum absolute atomic E-state index is 0.0169. The summed E-state index contributed by atoms with van der Waals surface area (Å²) in [6, 6.07) is 7.73. The first-order valence-electron chi connectivity index (χ1n) is 8.76. The molecule has 1 aliphatic heterocycles. The van der Waals surface area contributed by atoms with Crippen LogP contribution in [0.2, 0.25) is 0 Å². The third kappa shape index (κ3) is 4.28. The van der Waals surface area contributed by atoms with Gasteiger partial charge in [0.2, 0.25) is 5.75 Å². The maximum atomic E-state index is 13.2. The van der Waals surface area contributed by atoms with Crippen LogP contribution < -0.4 is 19.7 Å². The van der Waals surface area contributed by atoms with Crippen LogP contribution in [-0.4, -0.2) is 36.1 Å². The van der Waals surface area contributed by atoms with Crippen LogP contribution in [-0.2, 0) is 9.59 Å². The van der Waals surface area contributed by atoms with Crippen LogP contribution in [0.15, 0.2) is 40.4 Å². The molecular weight excluding hydrogens is 490 g/mol. The highest BCUT2D eigenvalue weighted by Gasteiger charge is 2.35. The van der Waals surface area contributed by atoms with Crippen molar-refractivity contribution in [2.24, 2.45) is 0 Å². The highest BCUT2D eigenvalue weighted by Crippen LogP contribution is 2.36. The molecule has 2 aromatic carbocycles. The van der Waals surface area contributed by atoms with Crippen LogP contribution in [0.25, 0.3) is 6.08 Å². The van der Waals surface area contributed by atoms with E-state index >= 15 is 0 Å². The van der Waals surface area contributed by atoms with Gasteiger partial charge in [0.1, 0.15) is 11.3 Å². The van der Waals surface area contributed by atoms with E-state index in [2.05, 4.69) is 21.2 Å². The van der Waals surface area contributed by atoms with E-state index < -0.39 is 16.7 Å². The molecule has 0 aliphatic carbocycles. The lowest BCUT2D eigenvalue weighted by Gasteiger charge is -2.30.